The first-order chi connectivity index (χ1) is 9.61. The largest absolute Gasteiger partial charge is 0.327 e. The van der Waals surface area contributed by atoms with Crippen LogP contribution in [0.3, 0.4) is 0 Å². The molecular weight excluding hydrogens is 331 g/mol. The molecule has 0 aliphatic rings. The Hall–Kier alpha value is -0.330. The lowest BCUT2D eigenvalue weighted by Gasteiger charge is -2.21. The molecule has 0 bridgehead atoms. The number of halogens is 2. The van der Waals surface area contributed by atoms with E-state index in [-0.39, 0.29) is 11.8 Å². The van der Waals surface area contributed by atoms with Crippen LogP contribution in [-0.2, 0) is 15.8 Å². The zero-order valence-corrected chi connectivity index (χ0v) is 14.8. The number of sulfonamides is 1. The van der Waals surface area contributed by atoms with Crippen molar-refractivity contribution in [3.8, 4) is 0 Å². The highest BCUT2D eigenvalue weighted by Crippen LogP contribution is 2.21. The second-order valence-electron chi connectivity index (χ2n) is 5.55. The van der Waals surface area contributed by atoms with Crippen LogP contribution in [0.25, 0.3) is 0 Å². The molecule has 0 amide bonds. The zero-order chi connectivity index (χ0) is 16.2. The van der Waals surface area contributed by atoms with Gasteiger partial charge in [0, 0.05) is 29.7 Å². The van der Waals surface area contributed by atoms with Crippen LogP contribution >= 0.6 is 23.2 Å². The van der Waals surface area contributed by atoms with Gasteiger partial charge in [-0.15, -0.1) is 0 Å². The lowest BCUT2D eigenvalue weighted by atomic mass is 10.0. The summed E-state index contributed by atoms with van der Waals surface area (Å²) in [7, 11) is -1.84. The van der Waals surface area contributed by atoms with Crippen LogP contribution in [0.5, 0.6) is 0 Å². The Balaban J connectivity index is 2.72. The third-order valence-corrected chi connectivity index (χ3v) is 5.65. The van der Waals surface area contributed by atoms with Crippen LogP contribution in [0.4, 0.5) is 0 Å². The minimum atomic E-state index is -3.41. The standard InChI is InChI=1S/C14H22Cl2N2O2S/c1-10(2)14(17)4-5-18(3)21(19,20)9-11-6-12(15)8-13(16)7-11/h6-8,10,14H,4-5,9,17H2,1-3H3. The molecule has 1 atom stereocenters. The maximum absolute atomic E-state index is 12.3. The first-order valence-electron chi connectivity index (χ1n) is 6.76. The Labute approximate surface area is 137 Å². The monoisotopic (exact) mass is 352 g/mol. The van der Waals surface area contributed by atoms with Gasteiger partial charge in [0.25, 0.3) is 0 Å². The molecule has 0 radical (unpaired) electrons. The highest BCUT2D eigenvalue weighted by Gasteiger charge is 2.20. The number of rotatable bonds is 7. The van der Waals surface area contributed by atoms with E-state index in [2.05, 4.69) is 0 Å². The van der Waals surface area contributed by atoms with Crippen molar-refractivity contribution in [3.05, 3.63) is 33.8 Å². The second-order valence-corrected chi connectivity index (χ2v) is 8.50. The van der Waals surface area contributed by atoms with Gasteiger partial charge in [0.1, 0.15) is 0 Å². The van der Waals surface area contributed by atoms with Crippen molar-refractivity contribution in [2.45, 2.75) is 32.1 Å². The molecule has 0 heterocycles. The molecule has 0 aliphatic carbocycles. The fourth-order valence-electron chi connectivity index (χ4n) is 1.82. The third kappa shape index (κ3) is 6.12. The van der Waals surface area contributed by atoms with Gasteiger partial charge in [0.05, 0.1) is 5.75 Å². The number of hydrogen-bond donors (Lipinski definition) is 1. The Morgan fingerprint density at radius 1 is 1.19 bits per heavy atom. The van der Waals surface area contributed by atoms with Gasteiger partial charge in [-0.25, -0.2) is 12.7 Å². The smallest absolute Gasteiger partial charge is 0.218 e. The molecule has 0 aromatic heterocycles. The van der Waals surface area contributed by atoms with Crippen LogP contribution in [0.1, 0.15) is 25.8 Å². The van der Waals surface area contributed by atoms with Crippen molar-refractivity contribution >= 4 is 33.2 Å². The number of benzene rings is 1. The molecule has 0 spiro atoms. The van der Waals surface area contributed by atoms with E-state index < -0.39 is 10.0 Å². The average Bonchev–Trinajstić information content (AvgIpc) is 2.33. The topological polar surface area (TPSA) is 63.4 Å². The summed E-state index contributed by atoms with van der Waals surface area (Å²) in [5.74, 6) is 0.202. The van der Waals surface area contributed by atoms with E-state index in [4.69, 9.17) is 28.9 Å². The van der Waals surface area contributed by atoms with Gasteiger partial charge in [0.2, 0.25) is 10.0 Å². The molecule has 0 saturated heterocycles. The highest BCUT2D eigenvalue weighted by molar-refractivity contribution is 7.88. The van der Waals surface area contributed by atoms with Crippen LogP contribution in [-0.4, -0.2) is 32.4 Å². The third-order valence-electron chi connectivity index (χ3n) is 3.38. The van der Waals surface area contributed by atoms with Gasteiger partial charge >= 0.3 is 0 Å². The van der Waals surface area contributed by atoms with Crippen molar-refractivity contribution in [1.29, 1.82) is 0 Å². The summed E-state index contributed by atoms with van der Waals surface area (Å²) in [6, 6.07) is 4.78. The average molecular weight is 353 g/mol. The fourth-order valence-corrected chi connectivity index (χ4v) is 3.58. The molecule has 0 fully saturated rings. The Morgan fingerprint density at radius 2 is 1.71 bits per heavy atom. The van der Waals surface area contributed by atoms with Crippen LogP contribution in [0, 0.1) is 5.92 Å². The highest BCUT2D eigenvalue weighted by atomic mass is 35.5. The summed E-state index contributed by atoms with van der Waals surface area (Å²) in [6.45, 7) is 4.44. The minimum absolute atomic E-state index is 0.0109. The van der Waals surface area contributed by atoms with Gasteiger partial charge in [-0.1, -0.05) is 37.0 Å². The van der Waals surface area contributed by atoms with Crippen molar-refractivity contribution in [1.82, 2.24) is 4.31 Å². The summed E-state index contributed by atoms with van der Waals surface area (Å²) in [6.07, 6.45) is 0.629. The second kappa shape index (κ2) is 7.79. The SMILES string of the molecule is CC(C)C(N)CCN(C)S(=O)(=O)Cc1cc(Cl)cc(Cl)c1. The maximum Gasteiger partial charge on any atom is 0.218 e. The van der Waals surface area contributed by atoms with E-state index in [0.29, 0.717) is 34.5 Å². The first kappa shape index (κ1) is 18.7. The molecule has 2 N–H and O–H groups in total. The zero-order valence-electron chi connectivity index (χ0n) is 12.5. The van der Waals surface area contributed by atoms with E-state index in [1.54, 1.807) is 25.2 Å². The van der Waals surface area contributed by atoms with Gasteiger partial charge in [-0.05, 0) is 36.1 Å². The van der Waals surface area contributed by atoms with Crippen molar-refractivity contribution in [2.24, 2.45) is 11.7 Å². The molecule has 4 nitrogen and oxygen atoms in total. The first-order valence-corrected chi connectivity index (χ1v) is 9.13. The molecule has 1 rings (SSSR count). The van der Waals surface area contributed by atoms with Gasteiger partial charge in [-0.3, -0.25) is 0 Å². The molecule has 1 aromatic rings. The van der Waals surface area contributed by atoms with Crippen LogP contribution in [0.15, 0.2) is 18.2 Å². The molecule has 120 valence electrons. The Morgan fingerprint density at radius 3 is 2.19 bits per heavy atom. The van der Waals surface area contributed by atoms with Crippen molar-refractivity contribution in [2.75, 3.05) is 13.6 Å². The Kier molecular flexibility index (Phi) is 6.94. The normalized spacial score (nSPS) is 13.9. The summed E-state index contributed by atoms with van der Waals surface area (Å²) >= 11 is 11.8. The molecule has 7 heteroatoms. The van der Waals surface area contributed by atoms with Crippen molar-refractivity contribution in [3.63, 3.8) is 0 Å². The minimum Gasteiger partial charge on any atom is -0.327 e. The van der Waals surface area contributed by atoms with E-state index in [1.165, 1.54) is 4.31 Å². The van der Waals surface area contributed by atoms with Crippen LogP contribution in [0.2, 0.25) is 10.0 Å². The number of hydrogen-bond acceptors (Lipinski definition) is 3. The van der Waals surface area contributed by atoms with Gasteiger partial charge in [0.15, 0.2) is 0 Å². The quantitative estimate of drug-likeness (QED) is 0.819. The van der Waals surface area contributed by atoms with Gasteiger partial charge in [-0.2, -0.15) is 0 Å². The molecular formula is C14H22Cl2N2O2S. The lowest BCUT2D eigenvalue weighted by Crippen LogP contribution is -2.35. The number of nitrogens with two attached hydrogens (primary N) is 1. The Bertz CT molecular complexity index is 556. The maximum atomic E-state index is 12.3. The van der Waals surface area contributed by atoms with E-state index in [0.717, 1.165) is 0 Å². The van der Waals surface area contributed by atoms with Crippen LogP contribution < -0.4 is 5.73 Å². The molecule has 0 saturated carbocycles. The lowest BCUT2D eigenvalue weighted by molar-refractivity contribution is 0.397. The van der Waals surface area contributed by atoms with E-state index in [1.807, 2.05) is 13.8 Å². The summed E-state index contributed by atoms with van der Waals surface area (Å²) < 4.78 is 25.9. The number of nitrogens with zero attached hydrogens (tertiary/aromatic N) is 1. The predicted molar refractivity (Wildman–Crippen MR) is 89.1 cm³/mol. The van der Waals surface area contributed by atoms with E-state index in [9.17, 15) is 8.42 Å². The molecule has 1 aromatic carbocycles. The predicted octanol–water partition coefficient (Wildman–Crippen LogP) is 3.13. The molecule has 1 unspecified atom stereocenters. The summed E-state index contributed by atoms with van der Waals surface area (Å²) in [5.41, 5.74) is 6.52. The van der Waals surface area contributed by atoms with E-state index >= 15 is 0 Å². The van der Waals surface area contributed by atoms with Gasteiger partial charge < -0.3 is 5.73 Å². The summed E-state index contributed by atoms with van der Waals surface area (Å²) in [5, 5.41) is 0.856. The molecule has 21 heavy (non-hydrogen) atoms. The fraction of sp³-hybridized carbons (Fsp3) is 0.571. The van der Waals surface area contributed by atoms with Crippen molar-refractivity contribution < 1.29 is 8.42 Å². The molecule has 0 aliphatic heterocycles. The summed E-state index contributed by atoms with van der Waals surface area (Å²) in [4.78, 5) is 0.